The summed E-state index contributed by atoms with van der Waals surface area (Å²) < 4.78 is 5.15. The van der Waals surface area contributed by atoms with Crippen LogP contribution in [0.4, 0.5) is 5.69 Å². The van der Waals surface area contributed by atoms with E-state index >= 15 is 0 Å². The summed E-state index contributed by atoms with van der Waals surface area (Å²) in [5.74, 6) is 4.82. The molecule has 0 spiro atoms. The molecule has 8 heteroatoms. The van der Waals surface area contributed by atoms with Crippen LogP contribution in [0.5, 0.6) is 0 Å². The predicted octanol–water partition coefficient (Wildman–Crippen LogP) is 3.47. The van der Waals surface area contributed by atoms with E-state index in [-0.39, 0.29) is 11.9 Å². The van der Waals surface area contributed by atoms with Crippen molar-refractivity contribution in [1.29, 1.82) is 0 Å². The van der Waals surface area contributed by atoms with E-state index in [0.717, 1.165) is 22.4 Å². The van der Waals surface area contributed by atoms with Gasteiger partial charge in [0.25, 0.3) is 5.91 Å². The largest absolute Gasteiger partial charge is 0.463 e. The monoisotopic (exact) mass is 407 g/mol. The summed E-state index contributed by atoms with van der Waals surface area (Å²) >= 11 is 0. The number of carbonyl (C=O) groups is 2. The average Bonchev–Trinajstić information content (AvgIpc) is 2.92. The molecular weight excluding hydrogens is 382 g/mol. The van der Waals surface area contributed by atoms with Crippen molar-refractivity contribution in [3.05, 3.63) is 59.2 Å². The number of carbonyl (C=O) groups excluding carboxylic acids is 2. The van der Waals surface area contributed by atoms with Gasteiger partial charge in [-0.05, 0) is 47.9 Å². The number of benzene rings is 2. The minimum Gasteiger partial charge on any atom is -0.463 e. The Bertz CT molecular complexity index is 996. The lowest BCUT2D eigenvalue weighted by Crippen LogP contribution is -2.21. The van der Waals surface area contributed by atoms with Crippen LogP contribution in [0.25, 0.3) is 17.2 Å². The molecule has 0 aliphatic carbocycles. The smallest absolute Gasteiger partial charge is 0.334 e. The van der Waals surface area contributed by atoms with Crippen molar-refractivity contribution in [2.45, 2.75) is 19.5 Å². The fourth-order valence-corrected chi connectivity index (χ4v) is 3.25. The molecule has 1 unspecified atom stereocenters. The first-order valence-corrected chi connectivity index (χ1v) is 9.63. The predicted molar refractivity (Wildman–Crippen MR) is 116 cm³/mol. The highest BCUT2D eigenvalue weighted by Crippen LogP contribution is 2.32. The molecule has 2 aromatic rings. The molecule has 0 bridgehead atoms. The van der Waals surface area contributed by atoms with Gasteiger partial charge >= 0.3 is 5.97 Å². The third kappa shape index (κ3) is 4.65. The Morgan fingerprint density at radius 2 is 1.87 bits per heavy atom. The van der Waals surface area contributed by atoms with E-state index in [9.17, 15) is 9.59 Å². The molecule has 0 aromatic heterocycles. The molecule has 1 atom stereocenters. The molecule has 0 radical (unpaired) electrons. The first-order chi connectivity index (χ1) is 14.4. The highest BCUT2D eigenvalue weighted by atomic mass is 16.5. The Morgan fingerprint density at radius 1 is 1.17 bits per heavy atom. The number of hydrogen-bond donors (Lipinski definition) is 2. The van der Waals surface area contributed by atoms with Gasteiger partial charge < -0.3 is 20.8 Å². The fourth-order valence-electron chi connectivity index (χ4n) is 3.25. The summed E-state index contributed by atoms with van der Waals surface area (Å²) in [6, 6.07) is 13.3. The van der Waals surface area contributed by atoms with Gasteiger partial charge in [0.05, 0.1) is 6.61 Å². The molecule has 8 nitrogen and oxygen atoms in total. The van der Waals surface area contributed by atoms with Gasteiger partial charge in [0.15, 0.2) is 0 Å². The van der Waals surface area contributed by atoms with Crippen LogP contribution in [-0.4, -0.2) is 43.6 Å². The van der Waals surface area contributed by atoms with Gasteiger partial charge in [-0.15, -0.1) is 5.11 Å². The van der Waals surface area contributed by atoms with Crippen LogP contribution < -0.4 is 11.2 Å². The highest BCUT2D eigenvalue weighted by molar-refractivity contribution is 5.96. The third-order valence-corrected chi connectivity index (χ3v) is 4.73. The molecule has 0 fully saturated rings. The van der Waals surface area contributed by atoms with Gasteiger partial charge in [-0.3, -0.25) is 4.79 Å². The van der Waals surface area contributed by atoms with Gasteiger partial charge in [-0.2, -0.15) is 0 Å². The number of nitrogens with one attached hydrogen (secondary N) is 1. The summed E-state index contributed by atoms with van der Waals surface area (Å²) in [5, 5.41) is 10.6. The van der Waals surface area contributed by atoms with Crippen molar-refractivity contribution < 1.29 is 14.3 Å². The van der Waals surface area contributed by atoms with Crippen molar-refractivity contribution in [3.8, 4) is 11.1 Å². The number of esters is 1. The average molecular weight is 407 g/mol. The molecule has 1 aliphatic heterocycles. The quantitative estimate of drug-likeness (QED) is 0.341. The molecule has 3 rings (SSSR count). The maximum absolute atomic E-state index is 12.3. The number of fused-ring (bicyclic) bond motifs is 1. The summed E-state index contributed by atoms with van der Waals surface area (Å²) in [6.07, 6.45) is 1.63. The number of rotatable bonds is 5. The third-order valence-electron chi connectivity index (χ3n) is 4.73. The zero-order valence-electron chi connectivity index (χ0n) is 17.3. The lowest BCUT2D eigenvalue weighted by atomic mass is 10.00. The molecule has 30 heavy (non-hydrogen) atoms. The molecule has 0 saturated carbocycles. The van der Waals surface area contributed by atoms with Crippen molar-refractivity contribution >= 4 is 23.6 Å². The summed E-state index contributed by atoms with van der Waals surface area (Å²) in [5.41, 5.74) is 4.70. The Morgan fingerprint density at radius 3 is 2.50 bits per heavy atom. The topological polar surface area (TPSA) is 109 Å². The van der Waals surface area contributed by atoms with Crippen molar-refractivity contribution in [2.24, 2.45) is 16.2 Å². The molecule has 156 valence electrons. The summed E-state index contributed by atoms with van der Waals surface area (Å²) in [7, 11) is 3.45. The van der Waals surface area contributed by atoms with E-state index in [1.807, 2.05) is 30.3 Å². The number of nitrogens with zero attached hydrogens (tertiary/aromatic N) is 3. The van der Waals surface area contributed by atoms with Crippen LogP contribution in [0.3, 0.4) is 0 Å². The first-order valence-electron chi connectivity index (χ1n) is 9.63. The molecule has 1 aliphatic rings. The van der Waals surface area contributed by atoms with Crippen LogP contribution >= 0.6 is 0 Å². The zero-order valence-corrected chi connectivity index (χ0v) is 17.3. The number of nitrogens with two attached hydrogens (primary N) is 1. The Hall–Kier alpha value is -3.68. The van der Waals surface area contributed by atoms with Gasteiger partial charge in [0, 0.05) is 37.3 Å². The van der Waals surface area contributed by atoms with E-state index in [2.05, 4.69) is 15.7 Å². The van der Waals surface area contributed by atoms with Crippen LogP contribution in [-0.2, 0) is 9.53 Å². The summed E-state index contributed by atoms with van der Waals surface area (Å²) in [6.45, 7) is 2.06. The zero-order chi connectivity index (χ0) is 21.7. The Kier molecular flexibility index (Phi) is 6.46. The van der Waals surface area contributed by atoms with E-state index in [1.54, 1.807) is 44.1 Å². The maximum Gasteiger partial charge on any atom is 0.334 e. The summed E-state index contributed by atoms with van der Waals surface area (Å²) in [4.78, 5) is 25.9. The van der Waals surface area contributed by atoms with Crippen LogP contribution in [0.15, 0.2) is 58.4 Å². The maximum atomic E-state index is 12.3. The lowest BCUT2D eigenvalue weighted by molar-refractivity contribution is -0.138. The second kappa shape index (κ2) is 9.21. The molecule has 3 N–H and O–H groups in total. The first kappa shape index (κ1) is 21.0. The van der Waals surface area contributed by atoms with E-state index in [1.165, 1.54) is 0 Å². The number of amides is 1. The van der Waals surface area contributed by atoms with Crippen molar-refractivity contribution in [3.63, 3.8) is 0 Å². The molecular formula is C22H25N5O3. The van der Waals surface area contributed by atoms with E-state index in [0.29, 0.717) is 24.2 Å². The second-order valence-corrected chi connectivity index (χ2v) is 7.06. The standard InChI is InChI=1S/C22H25N5O3/c1-4-30-22(29)18-11-17-10-9-16(12-19(17)24-20(13-18)25-26-23)14-5-7-15(8-6-14)21(28)27(2)3/h5-12,20,24H,4,13H2,1-3H3,(H2,23,25). The van der Waals surface area contributed by atoms with E-state index < -0.39 is 6.17 Å². The molecule has 0 saturated heterocycles. The molecule has 1 heterocycles. The Labute approximate surface area is 175 Å². The lowest BCUT2D eigenvalue weighted by Gasteiger charge is -2.15. The van der Waals surface area contributed by atoms with Gasteiger partial charge in [-0.1, -0.05) is 29.5 Å². The fraction of sp³-hybridized carbons (Fsp3) is 0.273. The Balaban J connectivity index is 1.95. The van der Waals surface area contributed by atoms with Gasteiger partial charge in [0.1, 0.15) is 6.17 Å². The number of anilines is 1. The van der Waals surface area contributed by atoms with Crippen molar-refractivity contribution in [1.82, 2.24) is 4.90 Å². The second-order valence-electron chi connectivity index (χ2n) is 7.06. The van der Waals surface area contributed by atoms with Crippen LogP contribution in [0, 0.1) is 0 Å². The number of ether oxygens (including phenoxy) is 1. The van der Waals surface area contributed by atoms with Crippen molar-refractivity contribution in [2.75, 3.05) is 26.0 Å². The molecule has 2 aromatic carbocycles. The van der Waals surface area contributed by atoms with Crippen LogP contribution in [0.2, 0.25) is 0 Å². The van der Waals surface area contributed by atoms with E-state index in [4.69, 9.17) is 10.6 Å². The molecule has 1 amide bonds. The van der Waals surface area contributed by atoms with Gasteiger partial charge in [-0.25, -0.2) is 4.79 Å². The number of hydrogen-bond acceptors (Lipinski definition) is 6. The normalized spacial score (nSPS) is 15.6. The minimum absolute atomic E-state index is 0.0447. The minimum atomic E-state index is -0.484. The van der Waals surface area contributed by atoms with Crippen LogP contribution in [0.1, 0.15) is 29.3 Å². The SMILES string of the molecule is CCOC(=O)C1=Cc2ccc(-c3ccc(C(=O)N(C)C)cc3)cc2NC(N=NN)C1. The van der Waals surface area contributed by atoms with Gasteiger partial charge in [0.2, 0.25) is 0 Å². The highest BCUT2D eigenvalue weighted by Gasteiger charge is 2.22.